The van der Waals surface area contributed by atoms with E-state index in [1.807, 2.05) is 114 Å². The van der Waals surface area contributed by atoms with Crippen molar-refractivity contribution in [1.82, 2.24) is 10.2 Å². The van der Waals surface area contributed by atoms with Gasteiger partial charge in [0.05, 0.1) is 6.42 Å². The minimum Gasteiger partial charge on any atom is -0.451 e. The summed E-state index contributed by atoms with van der Waals surface area (Å²) in [4.78, 5) is 43.1. The molecule has 6 nitrogen and oxygen atoms in total. The number of nitrogens with one attached hydrogen (secondary N) is 1. The summed E-state index contributed by atoms with van der Waals surface area (Å²) < 4.78 is 6.24. The molecular weight excluding hydrogens is 553 g/mol. The van der Waals surface area contributed by atoms with Gasteiger partial charge in [-0.25, -0.2) is 4.79 Å². The summed E-state index contributed by atoms with van der Waals surface area (Å²) in [6.45, 7) is 0. The van der Waals surface area contributed by atoms with E-state index in [0.717, 1.165) is 27.1 Å². The Morgan fingerprint density at radius 2 is 1.49 bits per heavy atom. The molecule has 4 aromatic rings. The summed E-state index contributed by atoms with van der Waals surface area (Å²) in [5.41, 5.74) is 3.37. The first-order valence-corrected chi connectivity index (χ1v) is 15.2. The molecule has 0 saturated carbocycles. The van der Waals surface area contributed by atoms with Crippen molar-refractivity contribution in [2.45, 2.75) is 36.4 Å². The van der Waals surface area contributed by atoms with Crippen LogP contribution in [0.2, 0.25) is 0 Å². The van der Waals surface area contributed by atoms with Crippen LogP contribution in [-0.4, -0.2) is 40.1 Å². The smallest absolute Gasteiger partial charge is 0.334 e. The summed E-state index contributed by atoms with van der Waals surface area (Å²) in [6, 6.07) is 31.0. The third kappa shape index (κ3) is 5.85. The highest BCUT2D eigenvalue weighted by molar-refractivity contribution is 8.03. The zero-order chi connectivity index (χ0) is 28.2. The zero-order valence-electron chi connectivity index (χ0n) is 22.1. The number of amides is 2. The maximum Gasteiger partial charge on any atom is 0.334 e. The van der Waals surface area contributed by atoms with E-state index in [0.29, 0.717) is 6.42 Å². The van der Waals surface area contributed by atoms with Crippen molar-refractivity contribution in [3.63, 3.8) is 0 Å². The molecule has 8 heteroatoms. The van der Waals surface area contributed by atoms with Crippen LogP contribution in [0, 0.1) is 0 Å². The molecule has 0 radical (unpaired) electrons. The van der Waals surface area contributed by atoms with Gasteiger partial charge in [-0.05, 0) is 39.1 Å². The highest BCUT2D eigenvalue weighted by atomic mass is 32.2. The van der Waals surface area contributed by atoms with Crippen LogP contribution in [0.25, 0.3) is 0 Å². The maximum absolute atomic E-state index is 14.0. The monoisotopic (exact) mass is 580 g/mol. The van der Waals surface area contributed by atoms with Gasteiger partial charge >= 0.3 is 5.97 Å². The van der Waals surface area contributed by atoms with E-state index in [2.05, 4.69) is 5.32 Å². The molecule has 1 aromatic heterocycles. The Morgan fingerprint density at radius 1 is 0.854 bits per heavy atom. The Kier molecular flexibility index (Phi) is 8.02. The minimum absolute atomic E-state index is 0.183. The fourth-order valence-corrected chi connectivity index (χ4v) is 7.19. The molecule has 0 bridgehead atoms. The van der Waals surface area contributed by atoms with Crippen LogP contribution in [0.1, 0.15) is 27.7 Å². The van der Waals surface area contributed by atoms with Crippen LogP contribution in [0.3, 0.4) is 0 Å². The van der Waals surface area contributed by atoms with Crippen molar-refractivity contribution in [2.75, 3.05) is 0 Å². The van der Waals surface area contributed by atoms with Gasteiger partial charge in [0.15, 0.2) is 12.1 Å². The van der Waals surface area contributed by atoms with E-state index in [1.165, 1.54) is 11.8 Å². The number of rotatable bonds is 9. The van der Waals surface area contributed by atoms with Crippen molar-refractivity contribution in [3.05, 3.63) is 141 Å². The number of ether oxygens (including phenoxy) is 1. The lowest BCUT2D eigenvalue weighted by atomic mass is 9.95. The van der Waals surface area contributed by atoms with Gasteiger partial charge in [0, 0.05) is 11.3 Å². The summed E-state index contributed by atoms with van der Waals surface area (Å²) in [5.74, 6) is -0.993. The molecule has 0 aliphatic carbocycles. The van der Waals surface area contributed by atoms with E-state index < -0.39 is 29.5 Å². The zero-order valence-corrected chi connectivity index (χ0v) is 23.7. The molecule has 1 saturated heterocycles. The standard InChI is InChI=1S/C33H28N2O4S2/c36-27(19-22-11-4-1-5-12-22)34-28-31(37)35-29(25(21-41-32(28)35)20-26-17-10-18-40-26)33(38)39-30(23-13-6-2-7-14-23)24-15-8-3-9-16-24/h1-18,21,28-30,32H,19-20H2,(H,34,36)/t28-,29?,32-/m1/s1. The van der Waals surface area contributed by atoms with Gasteiger partial charge < -0.3 is 15.0 Å². The number of fused-ring (bicyclic) bond motifs is 1. The van der Waals surface area contributed by atoms with Crippen LogP contribution in [-0.2, 0) is 32.0 Å². The molecule has 3 heterocycles. The fraction of sp³-hybridized carbons (Fsp3) is 0.182. The van der Waals surface area contributed by atoms with Gasteiger partial charge in [0.1, 0.15) is 11.4 Å². The molecule has 1 N–H and O–H groups in total. The number of hydrogen-bond acceptors (Lipinski definition) is 6. The Labute approximate surface area is 247 Å². The average molecular weight is 581 g/mol. The van der Waals surface area contributed by atoms with Crippen LogP contribution < -0.4 is 5.32 Å². The molecule has 6 rings (SSSR count). The first kappa shape index (κ1) is 27.1. The largest absolute Gasteiger partial charge is 0.451 e. The Balaban J connectivity index is 1.25. The molecule has 3 atom stereocenters. The number of thiophene rings is 1. The summed E-state index contributed by atoms with van der Waals surface area (Å²) in [5, 5.41) is 6.47. The number of β-lactam (4-membered cyclic amide) rings is 1. The lowest BCUT2D eigenvalue weighted by Gasteiger charge is -2.52. The Morgan fingerprint density at radius 3 is 2.10 bits per heavy atom. The number of benzene rings is 3. The van der Waals surface area contributed by atoms with Gasteiger partial charge in [0.2, 0.25) is 11.8 Å². The summed E-state index contributed by atoms with van der Waals surface area (Å²) >= 11 is 3.07. The molecule has 2 aliphatic rings. The highest BCUT2D eigenvalue weighted by Crippen LogP contribution is 2.42. The third-order valence-electron chi connectivity index (χ3n) is 7.21. The Bertz CT molecular complexity index is 1500. The third-order valence-corrected chi connectivity index (χ3v) is 9.31. The number of carbonyl (C=O) groups is 3. The topological polar surface area (TPSA) is 75.7 Å². The van der Waals surface area contributed by atoms with Crippen LogP contribution in [0.15, 0.2) is 119 Å². The number of thioether (sulfide) groups is 1. The predicted octanol–water partition coefficient (Wildman–Crippen LogP) is 5.52. The number of carbonyl (C=O) groups excluding carboxylic acids is 3. The molecule has 1 fully saturated rings. The molecule has 0 spiro atoms. The average Bonchev–Trinajstić information content (AvgIpc) is 3.53. The van der Waals surface area contributed by atoms with E-state index in [1.54, 1.807) is 16.2 Å². The van der Waals surface area contributed by atoms with Crippen molar-refractivity contribution >= 4 is 40.9 Å². The lowest BCUT2D eigenvalue weighted by molar-refractivity contribution is -0.165. The van der Waals surface area contributed by atoms with Crippen LogP contribution in [0.4, 0.5) is 0 Å². The van der Waals surface area contributed by atoms with Crippen molar-refractivity contribution in [2.24, 2.45) is 0 Å². The van der Waals surface area contributed by atoms with Gasteiger partial charge in [-0.3, -0.25) is 9.59 Å². The second-order valence-corrected chi connectivity index (χ2v) is 12.0. The molecule has 41 heavy (non-hydrogen) atoms. The SMILES string of the molecule is O=C(Cc1ccccc1)N[C@@H]1C(=O)N2C(C(=O)OC(c3ccccc3)c3ccccc3)C(Cc3cccs3)=CS[C@H]12. The van der Waals surface area contributed by atoms with Gasteiger partial charge in [0.25, 0.3) is 0 Å². The summed E-state index contributed by atoms with van der Waals surface area (Å²) in [7, 11) is 0. The van der Waals surface area contributed by atoms with Gasteiger partial charge in [-0.15, -0.1) is 23.1 Å². The Hall–Kier alpha value is -4.14. The second-order valence-electron chi connectivity index (χ2n) is 9.97. The fourth-order valence-electron chi connectivity index (χ4n) is 5.23. The molecule has 2 aliphatic heterocycles. The van der Waals surface area contributed by atoms with Crippen LogP contribution in [0.5, 0.6) is 0 Å². The van der Waals surface area contributed by atoms with E-state index in [9.17, 15) is 14.4 Å². The minimum atomic E-state index is -0.881. The molecule has 2 amide bonds. The second kappa shape index (κ2) is 12.2. The van der Waals surface area contributed by atoms with Crippen molar-refractivity contribution in [1.29, 1.82) is 0 Å². The number of hydrogen-bond donors (Lipinski definition) is 1. The highest BCUT2D eigenvalue weighted by Gasteiger charge is 2.56. The lowest BCUT2D eigenvalue weighted by Crippen LogP contribution is -2.74. The molecular formula is C33H28N2O4S2. The number of esters is 1. The van der Waals surface area contributed by atoms with E-state index in [-0.39, 0.29) is 18.2 Å². The summed E-state index contributed by atoms with van der Waals surface area (Å²) in [6.07, 6.45) is 0.0921. The number of nitrogens with zero attached hydrogens (tertiary/aromatic N) is 1. The first-order chi connectivity index (χ1) is 20.1. The normalized spacial score (nSPS) is 19.6. The first-order valence-electron chi connectivity index (χ1n) is 13.4. The van der Waals surface area contributed by atoms with Crippen LogP contribution >= 0.6 is 23.1 Å². The molecule has 206 valence electrons. The van der Waals surface area contributed by atoms with E-state index in [4.69, 9.17) is 4.74 Å². The quantitative estimate of drug-likeness (QED) is 0.209. The maximum atomic E-state index is 14.0. The molecule has 3 aromatic carbocycles. The van der Waals surface area contributed by atoms with Crippen molar-refractivity contribution < 1.29 is 19.1 Å². The predicted molar refractivity (Wildman–Crippen MR) is 161 cm³/mol. The van der Waals surface area contributed by atoms with E-state index >= 15 is 0 Å². The van der Waals surface area contributed by atoms with Gasteiger partial charge in [-0.2, -0.15) is 0 Å². The van der Waals surface area contributed by atoms with Gasteiger partial charge in [-0.1, -0.05) is 97.1 Å². The van der Waals surface area contributed by atoms with Crippen molar-refractivity contribution in [3.8, 4) is 0 Å². The molecule has 1 unspecified atom stereocenters.